The summed E-state index contributed by atoms with van der Waals surface area (Å²) in [5, 5.41) is 2.80. The first kappa shape index (κ1) is 11.3. The van der Waals surface area contributed by atoms with Crippen molar-refractivity contribution in [2.24, 2.45) is 17.6 Å². The van der Waals surface area contributed by atoms with Gasteiger partial charge in [-0.15, -0.1) is 0 Å². The van der Waals surface area contributed by atoms with Gasteiger partial charge in [-0.3, -0.25) is 0 Å². The fourth-order valence-electron chi connectivity index (χ4n) is 1.30. The van der Waals surface area contributed by atoms with Gasteiger partial charge >= 0.3 is 6.09 Å². The highest BCUT2D eigenvalue weighted by Crippen LogP contribution is 2.32. The Morgan fingerprint density at radius 1 is 1.57 bits per heavy atom. The molecule has 0 bridgehead atoms. The molecule has 0 spiro atoms. The zero-order chi connectivity index (χ0) is 10.6. The molecule has 0 aromatic carbocycles. The third kappa shape index (κ3) is 3.96. The molecule has 0 aromatic heterocycles. The number of nitrogens with one attached hydrogen (secondary N) is 1. The van der Waals surface area contributed by atoms with Crippen LogP contribution < -0.4 is 11.1 Å². The Balaban J connectivity index is 2.17. The molecule has 1 unspecified atom stereocenters. The first-order valence-electron chi connectivity index (χ1n) is 5.26. The van der Waals surface area contributed by atoms with Crippen LogP contribution in [0.15, 0.2) is 0 Å². The molecule has 0 radical (unpaired) electrons. The fraction of sp³-hybridized carbons (Fsp3) is 0.900. The van der Waals surface area contributed by atoms with E-state index in [1.807, 2.05) is 13.8 Å². The van der Waals surface area contributed by atoms with Crippen LogP contribution in [0, 0.1) is 11.8 Å². The van der Waals surface area contributed by atoms with Crippen LogP contribution >= 0.6 is 0 Å². The summed E-state index contributed by atoms with van der Waals surface area (Å²) < 4.78 is 5.01. The molecule has 0 aliphatic heterocycles. The van der Waals surface area contributed by atoms with E-state index in [2.05, 4.69) is 5.32 Å². The molecule has 0 heterocycles. The molecule has 0 aromatic rings. The fourth-order valence-corrected chi connectivity index (χ4v) is 1.30. The van der Waals surface area contributed by atoms with Gasteiger partial charge in [0, 0.05) is 12.6 Å². The zero-order valence-electron chi connectivity index (χ0n) is 8.95. The lowest BCUT2D eigenvalue weighted by molar-refractivity contribution is 0.128. The van der Waals surface area contributed by atoms with Crippen LogP contribution in [0.4, 0.5) is 4.79 Å². The maximum Gasteiger partial charge on any atom is 0.407 e. The number of alkyl carbamates (subject to hydrolysis) is 1. The summed E-state index contributed by atoms with van der Waals surface area (Å²) >= 11 is 0. The van der Waals surface area contributed by atoms with E-state index in [4.69, 9.17) is 10.5 Å². The van der Waals surface area contributed by atoms with E-state index in [-0.39, 0.29) is 12.1 Å². The zero-order valence-corrected chi connectivity index (χ0v) is 8.95. The minimum atomic E-state index is -0.332. The van der Waals surface area contributed by atoms with E-state index in [1.165, 1.54) is 12.8 Å². The summed E-state index contributed by atoms with van der Waals surface area (Å²) in [6, 6.07) is 0.106. The molecule has 4 nitrogen and oxygen atoms in total. The Labute approximate surface area is 85.2 Å². The molecule has 1 atom stereocenters. The van der Waals surface area contributed by atoms with Gasteiger partial charge in [0.1, 0.15) is 0 Å². The first-order valence-corrected chi connectivity index (χ1v) is 5.26. The summed E-state index contributed by atoms with van der Waals surface area (Å²) in [6.45, 7) is 4.98. The summed E-state index contributed by atoms with van der Waals surface area (Å²) in [5.41, 5.74) is 5.55. The van der Waals surface area contributed by atoms with Crippen molar-refractivity contribution in [3.05, 3.63) is 0 Å². The molecule has 1 rings (SSSR count). The minimum absolute atomic E-state index is 0.106. The van der Waals surface area contributed by atoms with E-state index >= 15 is 0 Å². The smallest absolute Gasteiger partial charge is 0.407 e. The SMILES string of the molecule is CC(C)COC(=O)NC(CN)C1CC1. The number of amides is 1. The molecule has 1 aliphatic rings. The second-order valence-corrected chi connectivity index (χ2v) is 4.32. The molecule has 0 saturated heterocycles. The van der Waals surface area contributed by atoms with Gasteiger partial charge in [-0.05, 0) is 24.7 Å². The third-order valence-electron chi connectivity index (χ3n) is 2.30. The molecule has 1 fully saturated rings. The van der Waals surface area contributed by atoms with Crippen molar-refractivity contribution in [1.82, 2.24) is 5.32 Å². The van der Waals surface area contributed by atoms with Gasteiger partial charge in [-0.25, -0.2) is 4.79 Å². The largest absolute Gasteiger partial charge is 0.449 e. The van der Waals surface area contributed by atoms with Gasteiger partial charge < -0.3 is 15.8 Å². The lowest BCUT2D eigenvalue weighted by Gasteiger charge is -2.16. The molecule has 1 saturated carbocycles. The van der Waals surface area contributed by atoms with Crippen LogP contribution in [-0.4, -0.2) is 25.3 Å². The lowest BCUT2D eigenvalue weighted by Crippen LogP contribution is -2.42. The average Bonchev–Trinajstić information content (AvgIpc) is 2.94. The van der Waals surface area contributed by atoms with Crippen molar-refractivity contribution < 1.29 is 9.53 Å². The lowest BCUT2D eigenvalue weighted by atomic mass is 10.2. The monoisotopic (exact) mass is 200 g/mol. The third-order valence-corrected chi connectivity index (χ3v) is 2.30. The second-order valence-electron chi connectivity index (χ2n) is 4.32. The summed E-state index contributed by atoms with van der Waals surface area (Å²) in [5.74, 6) is 0.949. The Kier molecular flexibility index (Phi) is 4.20. The average molecular weight is 200 g/mol. The van der Waals surface area contributed by atoms with Crippen molar-refractivity contribution in [3.8, 4) is 0 Å². The number of rotatable bonds is 5. The van der Waals surface area contributed by atoms with E-state index in [0.29, 0.717) is 25.0 Å². The summed E-state index contributed by atoms with van der Waals surface area (Å²) in [7, 11) is 0. The number of carbonyl (C=O) groups is 1. The normalized spacial score (nSPS) is 18.0. The topological polar surface area (TPSA) is 64.3 Å². The Morgan fingerprint density at radius 3 is 2.64 bits per heavy atom. The number of nitrogens with two attached hydrogens (primary N) is 1. The summed E-state index contributed by atoms with van der Waals surface area (Å²) in [4.78, 5) is 11.3. The number of carbonyl (C=O) groups excluding carboxylic acids is 1. The second kappa shape index (κ2) is 5.20. The molecular weight excluding hydrogens is 180 g/mol. The highest BCUT2D eigenvalue weighted by Gasteiger charge is 2.31. The van der Waals surface area contributed by atoms with Gasteiger partial charge in [0.05, 0.1) is 6.61 Å². The van der Waals surface area contributed by atoms with Crippen molar-refractivity contribution >= 4 is 6.09 Å². The van der Waals surface area contributed by atoms with Crippen molar-refractivity contribution in [1.29, 1.82) is 0 Å². The molecule has 14 heavy (non-hydrogen) atoms. The Morgan fingerprint density at radius 2 is 2.21 bits per heavy atom. The van der Waals surface area contributed by atoms with Gasteiger partial charge in [-0.2, -0.15) is 0 Å². The maximum atomic E-state index is 11.3. The highest BCUT2D eigenvalue weighted by atomic mass is 16.5. The summed E-state index contributed by atoms with van der Waals surface area (Å²) in [6.07, 6.45) is 2.01. The van der Waals surface area contributed by atoms with E-state index in [9.17, 15) is 4.79 Å². The molecule has 1 amide bonds. The van der Waals surface area contributed by atoms with Crippen molar-refractivity contribution in [2.45, 2.75) is 32.7 Å². The number of ether oxygens (including phenoxy) is 1. The van der Waals surface area contributed by atoms with Crippen LogP contribution in [0.3, 0.4) is 0 Å². The van der Waals surface area contributed by atoms with Crippen LogP contribution in [0.5, 0.6) is 0 Å². The number of hydrogen-bond acceptors (Lipinski definition) is 3. The molecule has 82 valence electrons. The van der Waals surface area contributed by atoms with Crippen LogP contribution in [0.2, 0.25) is 0 Å². The van der Waals surface area contributed by atoms with Crippen molar-refractivity contribution in [3.63, 3.8) is 0 Å². The predicted molar refractivity (Wildman–Crippen MR) is 54.9 cm³/mol. The predicted octanol–water partition coefficient (Wildman–Crippen LogP) is 1.11. The highest BCUT2D eigenvalue weighted by molar-refractivity contribution is 5.67. The van der Waals surface area contributed by atoms with Gasteiger partial charge in [0.15, 0.2) is 0 Å². The molecule has 4 heteroatoms. The van der Waals surface area contributed by atoms with E-state index in [1.54, 1.807) is 0 Å². The van der Waals surface area contributed by atoms with Crippen LogP contribution in [0.25, 0.3) is 0 Å². The molecule has 1 aliphatic carbocycles. The molecular formula is C10H20N2O2. The van der Waals surface area contributed by atoms with Gasteiger partial charge in [-0.1, -0.05) is 13.8 Å². The Bertz CT molecular complexity index is 191. The number of hydrogen-bond donors (Lipinski definition) is 2. The Hall–Kier alpha value is -0.770. The van der Waals surface area contributed by atoms with E-state index in [0.717, 1.165) is 0 Å². The van der Waals surface area contributed by atoms with Gasteiger partial charge in [0.25, 0.3) is 0 Å². The van der Waals surface area contributed by atoms with Crippen LogP contribution in [0.1, 0.15) is 26.7 Å². The standard InChI is InChI=1S/C10H20N2O2/c1-7(2)6-14-10(13)12-9(5-11)8-3-4-8/h7-9H,3-6,11H2,1-2H3,(H,12,13). The quantitative estimate of drug-likeness (QED) is 0.698. The van der Waals surface area contributed by atoms with Crippen LogP contribution in [-0.2, 0) is 4.74 Å². The first-order chi connectivity index (χ1) is 6.63. The van der Waals surface area contributed by atoms with Gasteiger partial charge in [0.2, 0.25) is 0 Å². The maximum absolute atomic E-state index is 11.3. The van der Waals surface area contributed by atoms with E-state index < -0.39 is 0 Å². The minimum Gasteiger partial charge on any atom is -0.449 e. The van der Waals surface area contributed by atoms with Crippen molar-refractivity contribution in [2.75, 3.05) is 13.2 Å². The molecule has 3 N–H and O–H groups in total.